The Morgan fingerprint density at radius 2 is 1.79 bits per heavy atom. The van der Waals surface area contributed by atoms with Gasteiger partial charge in [-0.1, -0.05) is 68.1 Å². The Hall–Kier alpha value is -1.11. The Morgan fingerprint density at radius 3 is 2.34 bits per heavy atom. The van der Waals surface area contributed by atoms with Crippen LogP contribution in [-0.4, -0.2) is 63.9 Å². The molecule has 1 heterocycles. The molecule has 6 heteroatoms. The summed E-state index contributed by atoms with van der Waals surface area (Å²) < 4.78 is 1.04. The lowest BCUT2D eigenvalue weighted by atomic mass is 9.72. The highest BCUT2D eigenvalue weighted by Crippen LogP contribution is 2.41. The summed E-state index contributed by atoms with van der Waals surface area (Å²) in [6.07, 6.45) is 4.18. The molecule has 3 rings (SSSR count). The number of piperazine rings is 1. The molecule has 2 fully saturated rings. The molecule has 0 bridgehead atoms. The number of carbonyl (C=O) groups is 1. The molecule has 0 spiro atoms. The molecule has 162 valence electrons. The van der Waals surface area contributed by atoms with Gasteiger partial charge in [0.05, 0.1) is 11.6 Å². The highest BCUT2D eigenvalue weighted by Gasteiger charge is 2.42. The van der Waals surface area contributed by atoms with Crippen molar-refractivity contribution in [1.29, 1.82) is 0 Å². The minimum Gasteiger partial charge on any atom is -0.465 e. The van der Waals surface area contributed by atoms with E-state index in [1.54, 1.807) is 4.90 Å². The predicted octanol–water partition coefficient (Wildman–Crippen LogP) is 4.94. The standard InChI is InChI=1S/C23H35BrN2O3/c1-22(2,3)20-16-25(13-14-26(20)21(27)28)15-19(17-7-9-18(24)10-8-17)23(29)11-5-4-6-12-23/h7-10,19-20,29H,4-6,11-16H2,1-3H3,(H,27,28). The van der Waals surface area contributed by atoms with Gasteiger partial charge in [0.15, 0.2) is 0 Å². The Labute approximate surface area is 183 Å². The molecule has 29 heavy (non-hydrogen) atoms. The highest BCUT2D eigenvalue weighted by atomic mass is 79.9. The van der Waals surface area contributed by atoms with Gasteiger partial charge < -0.3 is 15.1 Å². The van der Waals surface area contributed by atoms with Crippen LogP contribution in [0.5, 0.6) is 0 Å². The number of benzene rings is 1. The summed E-state index contributed by atoms with van der Waals surface area (Å²) in [4.78, 5) is 15.7. The third kappa shape index (κ3) is 5.33. The zero-order valence-electron chi connectivity index (χ0n) is 17.9. The second-order valence-corrected chi connectivity index (χ2v) is 10.8. The monoisotopic (exact) mass is 466 g/mol. The summed E-state index contributed by atoms with van der Waals surface area (Å²) in [5.74, 6) is 0.0351. The first kappa shape index (κ1) is 22.6. The van der Waals surface area contributed by atoms with Crippen LogP contribution in [0.4, 0.5) is 4.79 Å². The molecule has 1 aliphatic heterocycles. The molecular weight excluding hydrogens is 432 g/mol. The van der Waals surface area contributed by atoms with Gasteiger partial charge in [0.1, 0.15) is 0 Å². The minimum atomic E-state index is -0.833. The summed E-state index contributed by atoms with van der Waals surface area (Å²) >= 11 is 3.52. The third-order valence-corrected chi connectivity index (χ3v) is 7.32. The zero-order valence-corrected chi connectivity index (χ0v) is 19.5. The van der Waals surface area contributed by atoms with E-state index in [0.717, 1.165) is 36.7 Å². The van der Waals surface area contributed by atoms with E-state index in [1.165, 1.54) is 12.0 Å². The van der Waals surface area contributed by atoms with E-state index in [0.29, 0.717) is 19.6 Å². The number of carboxylic acid groups (broad SMARTS) is 1. The number of aliphatic hydroxyl groups is 1. The van der Waals surface area contributed by atoms with E-state index >= 15 is 0 Å². The molecule has 0 aromatic heterocycles. The Balaban J connectivity index is 1.84. The quantitative estimate of drug-likeness (QED) is 0.659. The second-order valence-electron chi connectivity index (χ2n) is 9.89. The average molecular weight is 467 g/mol. The minimum absolute atomic E-state index is 0.0351. The van der Waals surface area contributed by atoms with Crippen molar-refractivity contribution in [3.05, 3.63) is 34.3 Å². The summed E-state index contributed by atoms with van der Waals surface area (Å²) in [5, 5.41) is 21.3. The van der Waals surface area contributed by atoms with Crippen LogP contribution in [-0.2, 0) is 0 Å². The van der Waals surface area contributed by atoms with Gasteiger partial charge in [0.2, 0.25) is 0 Å². The van der Waals surface area contributed by atoms with E-state index in [-0.39, 0.29) is 17.4 Å². The Morgan fingerprint density at radius 1 is 1.17 bits per heavy atom. The van der Waals surface area contributed by atoms with Crippen molar-refractivity contribution in [2.75, 3.05) is 26.2 Å². The maximum Gasteiger partial charge on any atom is 0.407 e. The fourth-order valence-electron chi connectivity index (χ4n) is 5.03. The van der Waals surface area contributed by atoms with Gasteiger partial charge in [-0.15, -0.1) is 0 Å². The highest BCUT2D eigenvalue weighted by molar-refractivity contribution is 9.10. The topological polar surface area (TPSA) is 64.0 Å². The first-order valence-corrected chi connectivity index (χ1v) is 11.6. The van der Waals surface area contributed by atoms with Crippen LogP contribution in [0.1, 0.15) is 64.4 Å². The summed E-state index contributed by atoms with van der Waals surface area (Å²) in [7, 11) is 0. The Kier molecular flexibility index (Phi) is 6.96. The van der Waals surface area contributed by atoms with Gasteiger partial charge in [-0.25, -0.2) is 4.79 Å². The lowest BCUT2D eigenvalue weighted by molar-refractivity contribution is -0.0420. The lowest BCUT2D eigenvalue weighted by Gasteiger charge is -2.48. The van der Waals surface area contributed by atoms with Crippen molar-refractivity contribution < 1.29 is 15.0 Å². The lowest BCUT2D eigenvalue weighted by Crippen LogP contribution is -2.60. The van der Waals surface area contributed by atoms with Gasteiger partial charge in [0, 0.05) is 36.6 Å². The normalized spacial score (nSPS) is 24.3. The number of hydrogen-bond donors (Lipinski definition) is 2. The van der Waals surface area contributed by atoms with E-state index in [1.807, 2.05) is 0 Å². The molecule has 1 aromatic rings. The van der Waals surface area contributed by atoms with Crippen molar-refractivity contribution in [3.8, 4) is 0 Å². The molecule has 1 amide bonds. The van der Waals surface area contributed by atoms with Gasteiger partial charge in [0.25, 0.3) is 0 Å². The molecule has 1 aliphatic carbocycles. The summed E-state index contributed by atoms with van der Waals surface area (Å²) in [6, 6.07) is 8.29. The van der Waals surface area contributed by atoms with E-state index in [9.17, 15) is 15.0 Å². The molecule has 1 saturated heterocycles. The van der Waals surface area contributed by atoms with Gasteiger partial charge in [-0.05, 0) is 36.0 Å². The zero-order chi connectivity index (χ0) is 21.2. The van der Waals surface area contributed by atoms with Crippen LogP contribution in [0.2, 0.25) is 0 Å². The van der Waals surface area contributed by atoms with Crippen molar-refractivity contribution in [2.45, 2.75) is 70.4 Å². The molecule has 5 nitrogen and oxygen atoms in total. The molecule has 2 N–H and O–H groups in total. The maximum absolute atomic E-state index is 11.8. The van der Waals surface area contributed by atoms with Gasteiger partial charge in [-0.2, -0.15) is 0 Å². The fourth-order valence-corrected chi connectivity index (χ4v) is 5.29. The number of nitrogens with zero attached hydrogens (tertiary/aromatic N) is 2. The van der Waals surface area contributed by atoms with Crippen LogP contribution < -0.4 is 0 Å². The molecule has 1 saturated carbocycles. The van der Waals surface area contributed by atoms with E-state index in [4.69, 9.17) is 0 Å². The van der Waals surface area contributed by atoms with E-state index in [2.05, 4.69) is 65.9 Å². The largest absolute Gasteiger partial charge is 0.465 e. The van der Waals surface area contributed by atoms with Crippen molar-refractivity contribution in [1.82, 2.24) is 9.80 Å². The van der Waals surface area contributed by atoms with Crippen molar-refractivity contribution in [2.24, 2.45) is 5.41 Å². The van der Waals surface area contributed by atoms with Crippen LogP contribution in [0.25, 0.3) is 0 Å². The maximum atomic E-state index is 11.8. The number of rotatable bonds is 4. The smallest absolute Gasteiger partial charge is 0.407 e. The van der Waals surface area contributed by atoms with E-state index < -0.39 is 11.7 Å². The number of hydrogen-bond acceptors (Lipinski definition) is 3. The molecular formula is C23H35BrN2O3. The van der Waals surface area contributed by atoms with Crippen LogP contribution in [0.15, 0.2) is 28.7 Å². The fraction of sp³-hybridized carbons (Fsp3) is 0.696. The van der Waals surface area contributed by atoms with Gasteiger partial charge >= 0.3 is 6.09 Å². The first-order valence-electron chi connectivity index (χ1n) is 10.8. The van der Waals surface area contributed by atoms with Crippen LogP contribution in [0, 0.1) is 5.41 Å². The average Bonchev–Trinajstić information content (AvgIpc) is 2.66. The Bertz CT molecular complexity index is 695. The van der Waals surface area contributed by atoms with Crippen molar-refractivity contribution in [3.63, 3.8) is 0 Å². The molecule has 2 aliphatic rings. The molecule has 1 aromatic carbocycles. The van der Waals surface area contributed by atoms with Crippen molar-refractivity contribution >= 4 is 22.0 Å². The SMILES string of the molecule is CC(C)(C)C1CN(CC(c2ccc(Br)cc2)C2(O)CCCCC2)CCN1C(=O)O. The second kappa shape index (κ2) is 8.94. The molecule has 2 unspecified atom stereocenters. The molecule has 0 radical (unpaired) electrons. The predicted molar refractivity (Wildman–Crippen MR) is 119 cm³/mol. The first-order chi connectivity index (χ1) is 13.6. The summed E-state index contributed by atoms with van der Waals surface area (Å²) in [5.41, 5.74) is 0.352. The van der Waals surface area contributed by atoms with Gasteiger partial charge in [-0.3, -0.25) is 4.90 Å². The van der Waals surface area contributed by atoms with Crippen LogP contribution in [0.3, 0.4) is 0 Å². The third-order valence-electron chi connectivity index (χ3n) is 6.79. The summed E-state index contributed by atoms with van der Waals surface area (Å²) in [6.45, 7) is 9.02. The molecule has 2 atom stereocenters. The number of halogens is 1. The van der Waals surface area contributed by atoms with Crippen LogP contribution >= 0.6 is 15.9 Å². The number of amides is 1.